The van der Waals surface area contributed by atoms with Crippen molar-refractivity contribution in [1.29, 1.82) is 0 Å². The summed E-state index contributed by atoms with van der Waals surface area (Å²) < 4.78 is 11.4. The first-order valence-electron chi connectivity index (χ1n) is 9.20. The lowest BCUT2D eigenvalue weighted by molar-refractivity contribution is -0.127. The van der Waals surface area contributed by atoms with Crippen molar-refractivity contribution in [3.63, 3.8) is 0 Å². The maximum Gasteiger partial charge on any atom is 0.260 e. The van der Waals surface area contributed by atoms with Gasteiger partial charge in [-0.2, -0.15) is 0 Å². The summed E-state index contributed by atoms with van der Waals surface area (Å²) in [5.74, 6) is 1.50. The minimum absolute atomic E-state index is 0.0949. The van der Waals surface area contributed by atoms with Crippen LogP contribution in [-0.2, 0) is 11.2 Å². The van der Waals surface area contributed by atoms with E-state index in [0.29, 0.717) is 12.3 Å². The molecule has 0 aliphatic carbocycles. The standard InChI is InChI=1S/C22H29NO3/c1-16(2)25-21-9-5-7-19(15-21)8-6-14-23-22(24)18(4)26-20-12-10-17(3)11-13-20/h5,7,9-13,15-16,18H,6,8,14H2,1-4H3,(H,23,24)/t18-/m1/s1. The van der Waals surface area contributed by atoms with E-state index in [1.54, 1.807) is 6.92 Å². The van der Waals surface area contributed by atoms with Crippen molar-refractivity contribution in [3.8, 4) is 11.5 Å². The molecule has 1 atom stereocenters. The van der Waals surface area contributed by atoms with Crippen LogP contribution in [0, 0.1) is 6.92 Å². The molecule has 26 heavy (non-hydrogen) atoms. The van der Waals surface area contributed by atoms with E-state index >= 15 is 0 Å². The van der Waals surface area contributed by atoms with Crippen LogP contribution in [-0.4, -0.2) is 24.7 Å². The van der Waals surface area contributed by atoms with Crippen LogP contribution in [0.2, 0.25) is 0 Å². The summed E-state index contributed by atoms with van der Waals surface area (Å²) in [6.07, 6.45) is 1.41. The molecule has 140 valence electrons. The number of ether oxygens (including phenoxy) is 2. The van der Waals surface area contributed by atoms with Crippen LogP contribution in [0.5, 0.6) is 11.5 Å². The molecule has 0 saturated heterocycles. The molecule has 0 bridgehead atoms. The highest BCUT2D eigenvalue weighted by Gasteiger charge is 2.13. The third-order valence-electron chi connectivity index (χ3n) is 3.91. The van der Waals surface area contributed by atoms with Crippen molar-refractivity contribution < 1.29 is 14.3 Å². The summed E-state index contributed by atoms with van der Waals surface area (Å²) in [4.78, 5) is 12.1. The molecule has 2 rings (SSSR count). The van der Waals surface area contributed by atoms with Crippen LogP contribution in [0.25, 0.3) is 0 Å². The Morgan fingerprint density at radius 3 is 2.42 bits per heavy atom. The second-order valence-corrected chi connectivity index (χ2v) is 6.78. The van der Waals surface area contributed by atoms with E-state index in [2.05, 4.69) is 17.4 Å². The predicted molar refractivity (Wildman–Crippen MR) is 105 cm³/mol. The van der Waals surface area contributed by atoms with E-state index in [-0.39, 0.29) is 12.0 Å². The third-order valence-corrected chi connectivity index (χ3v) is 3.91. The molecule has 4 heteroatoms. The van der Waals surface area contributed by atoms with Gasteiger partial charge < -0.3 is 14.8 Å². The van der Waals surface area contributed by atoms with Crippen molar-refractivity contribution in [3.05, 3.63) is 59.7 Å². The van der Waals surface area contributed by atoms with Crippen LogP contribution >= 0.6 is 0 Å². The van der Waals surface area contributed by atoms with E-state index in [1.165, 1.54) is 5.56 Å². The molecular formula is C22H29NO3. The number of amides is 1. The summed E-state index contributed by atoms with van der Waals surface area (Å²) in [6, 6.07) is 15.8. The third kappa shape index (κ3) is 6.79. The molecule has 4 nitrogen and oxygen atoms in total. The smallest absolute Gasteiger partial charge is 0.260 e. The van der Waals surface area contributed by atoms with Gasteiger partial charge in [-0.1, -0.05) is 29.8 Å². The Balaban J connectivity index is 1.71. The predicted octanol–water partition coefficient (Wildman–Crippen LogP) is 4.30. The van der Waals surface area contributed by atoms with Gasteiger partial charge in [-0.05, 0) is 70.4 Å². The zero-order valence-corrected chi connectivity index (χ0v) is 16.1. The largest absolute Gasteiger partial charge is 0.491 e. The van der Waals surface area contributed by atoms with Gasteiger partial charge in [0.2, 0.25) is 0 Å². The minimum atomic E-state index is -0.513. The SMILES string of the molecule is Cc1ccc(O[C@H](C)C(=O)NCCCc2cccc(OC(C)C)c2)cc1. The summed E-state index contributed by atoms with van der Waals surface area (Å²) in [5, 5.41) is 2.94. The van der Waals surface area contributed by atoms with Crippen molar-refractivity contribution >= 4 is 5.91 Å². The van der Waals surface area contributed by atoms with Crippen molar-refractivity contribution in [2.75, 3.05) is 6.54 Å². The molecule has 0 radical (unpaired) electrons. The highest BCUT2D eigenvalue weighted by molar-refractivity contribution is 5.80. The number of nitrogens with one attached hydrogen (secondary N) is 1. The molecule has 0 spiro atoms. The van der Waals surface area contributed by atoms with Crippen LogP contribution in [0.1, 0.15) is 38.3 Å². The first kappa shape index (κ1) is 19.8. The van der Waals surface area contributed by atoms with Gasteiger partial charge >= 0.3 is 0 Å². The molecule has 2 aromatic rings. The Labute approximate surface area is 156 Å². The van der Waals surface area contributed by atoms with Crippen LogP contribution in [0.15, 0.2) is 48.5 Å². The summed E-state index contributed by atoms with van der Waals surface area (Å²) >= 11 is 0. The van der Waals surface area contributed by atoms with Crippen LogP contribution in [0.3, 0.4) is 0 Å². The summed E-state index contributed by atoms with van der Waals surface area (Å²) in [5.41, 5.74) is 2.37. The van der Waals surface area contributed by atoms with Gasteiger partial charge in [0.15, 0.2) is 6.10 Å². The first-order chi connectivity index (χ1) is 12.4. The Morgan fingerprint density at radius 1 is 1.00 bits per heavy atom. The number of carbonyl (C=O) groups is 1. The molecule has 0 saturated carbocycles. The molecule has 1 amide bonds. The quantitative estimate of drug-likeness (QED) is 0.682. The molecule has 0 aliphatic rings. The van der Waals surface area contributed by atoms with Gasteiger partial charge in [-0.3, -0.25) is 4.79 Å². The van der Waals surface area contributed by atoms with Gasteiger partial charge in [0, 0.05) is 6.54 Å². The highest BCUT2D eigenvalue weighted by atomic mass is 16.5. The monoisotopic (exact) mass is 355 g/mol. The van der Waals surface area contributed by atoms with Gasteiger partial charge in [0.05, 0.1) is 6.10 Å². The highest BCUT2D eigenvalue weighted by Crippen LogP contribution is 2.16. The van der Waals surface area contributed by atoms with Gasteiger partial charge in [0.1, 0.15) is 11.5 Å². The van der Waals surface area contributed by atoms with Crippen LogP contribution < -0.4 is 14.8 Å². The molecular weight excluding hydrogens is 326 g/mol. The van der Waals surface area contributed by atoms with Gasteiger partial charge in [0.25, 0.3) is 5.91 Å². The molecule has 0 heterocycles. The fourth-order valence-corrected chi connectivity index (χ4v) is 2.57. The second-order valence-electron chi connectivity index (χ2n) is 6.78. The van der Waals surface area contributed by atoms with Crippen molar-refractivity contribution in [2.45, 2.75) is 52.7 Å². The van der Waals surface area contributed by atoms with Gasteiger partial charge in [-0.25, -0.2) is 0 Å². The molecule has 1 N–H and O–H groups in total. The molecule has 0 aliphatic heterocycles. The maximum absolute atomic E-state index is 12.1. The van der Waals surface area contributed by atoms with E-state index in [9.17, 15) is 4.79 Å². The zero-order valence-electron chi connectivity index (χ0n) is 16.1. The Morgan fingerprint density at radius 2 is 1.73 bits per heavy atom. The lowest BCUT2D eigenvalue weighted by Gasteiger charge is -2.15. The number of carbonyl (C=O) groups excluding carboxylic acids is 1. The minimum Gasteiger partial charge on any atom is -0.491 e. The van der Waals surface area contributed by atoms with Crippen LogP contribution in [0.4, 0.5) is 0 Å². The number of benzene rings is 2. The molecule has 2 aromatic carbocycles. The Bertz CT molecular complexity index is 695. The maximum atomic E-state index is 12.1. The normalized spacial score (nSPS) is 11.9. The van der Waals surface area contributed by atoms with E-state index in [0.717, 1.165) is 24.2 Å². The first-order valence-corrected chi connectivity index (χ1v) is 9.20. The second kappa shape index (κ2) is 9.85. The van der Waals surface area contributed by atoms with E-state index < -0.39 is 6.10 Å². The fourth-order valence-electron chi connectivity index (χ4n) is 2.57. The average Bonchev–Trinajstić information content (AvgIpc) is 2.60. The zero-order chi connectivity index (χ0) is 18.9. The molecule has 0 aromatic heterocycles. The fraction of sp³-hybridized carbons (Fsp3) is 0.409. The van der Waals surface area contributed by atoms with Crippen molar-refractivity contribution in [2.24, 2.45) is 0 Å². The Hall–Kier alpha value is -2.49. The average molecular weight is 355 g/mol. The number of hydrogen-bond donors (Lipinski definition) is 1. The number of aryl methyl sites for hydroxylation is 2. The lowest BCUT2D eigenvalue weighted by Crippen LogP contribution is -2.36. The molecule has 0 fully saturated rings. The van der Waals surface area contributed by atoms with Crippen molar-refractivity contribution in [1.82, 2.24) is 5.32 Å². The number of rotatable bonds is 9. The van der Waals surface area contributed by atoms with Gasteiger partial charge in [-0.15, -0.1) is 0 Å². The van der Waals surface area contributed by atoms with E-state index in [1.807, 2.05) is 57.2 Å². The summed E-state index contributed by atoms with van der Waals surface area (Å²) in [6.45, 7) is 8.44. The topological polar surface area (TPSA) is 47.6 Å². The molecule has 0 unspecified atom stereocenters. The summed E-state index contributed by atoms with van der Waals surface area (Å²) in [7, 11) is 0. The van der Waals surface area contributed by atoms with E-state index in [4.69, 9.17) is 9.47 Å². The Kier molecular flexibility index (Phi) is 7.52. The number of hydrogen-bond acceptors (Lipinski definition) is 3. The lowest BCUT2D eigenvalue weighted by atomic mass is 10.1.